The van der Waals surface area contributed by atoms with Crippen molar-refractivity contribution in [2.24, 2.45) is 0 Å². The first-order valence-corrected chi connectivity index (χ1v) is 6.38. The molecule has 1 unspecified atom stereocenters. The minimum Gasteiger partial charge on any atom is -0.333 e. The molecule has 0 bridgehead atoms. The zero-order chi connectivity index (χ0) is 12.6. The molecule has 0 aromatic heterocycles. The summed E-state index contributed by atoms with van der Waals surface area (Å²) in [4.78, 5) is 25.2. The summed E-state index contributed by atoms with van der Waals surface area (Å²) in [5.74, 6) is 0.228. The first-order valence-electron chi connectivity index (χ1n) is 6.38. The van der Waals surface area contributed by atoms with Crippen LogP contribution in [0.2, 0.25) is 0 Å². The second-order valence-electron chi connectivity index (χ2n) is 4.23. The van der Waals surface area contributed by atoms with Gasteiger partial charge in [0.15, 0.2) is 5.78 Å². The molecule has 0 saturated carbocycles. The molecule has 94 valence electrons. The standard InChI is InChI=1S/C13H25NO2/c1-5-8-9-13(16)14(10-6-2)12(7-3)11(4)15/h12H,5-10H2,1-4H3. The second kappa shape index (κ2) is 8.31. The van der Waals surface area contributed by atoms with Crippen molar-refractivity contribution >= 4 is 11.7 Å². The lowest BCUT2D eigenvalue weighted by molar-refractivity contribution is -0.139. The smallest absolute Gasteiger partial charge is 0.223 e. The van der Waals surface area contributed by atoms with Gasteiger partial charge in [0.1, 0.15) is 0 Å². The van der Waals surface area contributed by atoms with Crippen molar-refractivity contribution in [2.45, 2.75) is 65.8 Å². The van der Waals surface area contributed by atoms with E-state index in [9.17, 15) is 9.59 Å². The molecular formula is C13H25NO2. The van der Waals surface area contributed by atoms with Crippen LogP contribution in [0.15, 0.2) is 0 Å². The second-order valence-corrected chi connectivity index (χ2v) is 4.23. The van der Waals surface area contributed by atoms with Crippen molar-refractivity contribution in [3.05, 3.63) is 0 Å². The summed E-state index contributed by atoms with van der Waals surface area (Å²) in [6, 6.07) is -0.218. The Balaban J connectivity index is 4.55. The predicted octanol–water partition coefficient (Wildman–Crippen LogP) is 2.78. The van der Waals surface area contributed by atoms with Gasteiger partial charge in [-0.2, -0.15) is 0 Å². The number of nitrogens with zero attached hydrogens (tertiary/aromatic N) is 1. The number of unbranched alkanes of at least 4 members (excludes halogenated alkanes) is 1. The molecule has 0 aromatic carbocycles. The fourth-order valence-electron chi connectivity index (χ4n) is 1.89. The van der Waals surface area contributed by atoms with Crippen LogP contribution in [0.1, 0.15) is 59.8 Å². The maximum atomic E-state index is 12.0. The Kier molecular flexibility index (Phi) is 7.86. The van der Waals surface area contributed by atoms with Crippen molar-refractivity contribution in [1.29, 1.82) is 0 Å². The summed E-state index contributed by atoms with van der Waals surface area (Å²) in [6.45, 7) is 8.33. The van der Waals surface area contributed by atoms with Crippen LogP contribution in [0.25, 0.3) is 0 Å². The molecule has 0 aliphatic carbocycles. The van der Waals surface area contributed by atoms with Gasteiger partial charge in [-0.25, -0.2) is 0 Å². The van der Waals surface area contributed by atoms with Crippen molar-refractivity contribution < 1.29 is 9.59 Å². The van der Waals surface area contributed by atoms with E-state index in [4.69, 9.17) is 0 Å². The van der Waals surface area contributed by atoms with Gasteiger partial charge in [-0.1, -0.05) is 27.2 Å². The molecule has 0 spiro atoms. The third kappa shape index (κ3) is 4.77. The number of ketones is 1. The van der Waals surface area contributed by atoms with Crippen LogP contribution in [0.5, 0.6) is 0 Å². The molecule has 1 amide bonds. The molecule has 3 nitrogen and oxygen atoms in total. The lowest BCUT2D eigenvalue weighted by atomic mass is 10.1. The summed E-state index contributed by atoms with van der Waals surface area (Å²) < 4.78 is 0. The van der Waals surface area contributed by atoms with Gasteiger partial charge in [-0.15, -0.1) is 0 Å². The molecule has 0 fully saturated rings. The summed E-state index contributed by atoms with van der Waals surface area (Å²) in [5.41, 5.74) is 0. The average molecular weight is 227 g/mol. The fraction of sp³-hybridized carbons (Fsp3) is 0.846. The largest absolute Gasteiger partial charge is 0.333 e. The van der Waals surface area contributed by atoms with Gasteiger partial charge >= 0.3 is 0 Å². The number of amides is 1. The lowest BCUT2D eigenvalue weighted by Gasteiger charge is -2.29. The van der Waals surface area contributed by atoms with E-state index in [2.05, 4.69) is 6.92 Å². The quantitative estimate of drug-likeness (QED) is 0.639. The Bertz CT molecular complexity index is 226. The summed E-state index contributed by atoms with van der Waals surface area (Å²) in [5, 5.41) is 0. The van der Waals surface area contributed by atoms with E-state index in [1.165, 1.54) is 0 Å². The van der Waals surface area contributed by atoms with E-state index < -0.39 is 0 Å². The van der Waals surface area contributed by atoms with Crippen molar-refractivity contribution in [2.75, 3.05) is 6.54 Å². The minimum absolute atomic E-state index is 0.0980. The molecule has 0 N–H and O–H groups in total. The molecule has 3 heteroatoms. The Morgan fingerprint density at radius 2 is 1.75 bits per heavy atom. The molecule has 0 aliphatic rings. The van der Waals surface area contributed by atoms with Crippen molar-refractivity contribution in [1.82, 2.24) is 4.90 Å². The Hall–Kier alpha value is -0.860. The number of hydrogen-bond acceptors (Lipinski definition) is 2. The Labute approximate surface area is 99.2 Å². The molecule has 0 heterocycles. The van der Waals surface area contributed by atoms with Crippen LogP contribution in [0.3, 0.4) is 0 Å². The molecule has 16 heavy (non-hydrogen) atoms. The summed E-state index contributed by atoms with van der Waals surface area (Å²) in [7, 11) is 0. The molecule has 0 aliphatic heterocycles. The molecular weight excluding hydrogens is 202 g/mol. The zero-order valence-electron chi connectivity index (χ0n) is 11.1. The van der Waals surface area contributed by atoms with Crippen molar-refractivity contribution in [3.63, 3.8) is 0 Å². The van der Waals surface area contributed by atoms with Crippen LogP contribution in [-0.2, 0) is 9.59 Å². The van der Waals surface area contributed by atoms with Gasteiger partial charge in [-0.05, 0) is 26.2 Å². The van der Waals surface area contributed by atoms with E-state index in [-0.39, 0.29) is 17.7 Å². The van der Waals surface area contributed by atoms with Gasteiger partial charge in [0, 0.05) is 13.0 Å². The molecule has 0 saturated heterocycles. The average Bonchev–Trinajstić information content (AvgIpc) is 2.25. The highest BCUT2D eigenvalue weighted by Crippen LogP contribution is 2.10. The van der Waals surface area contributed by atoms with Gasteiger partial charge in [-0.3, -0.25) is 9.59 Å². The SMILES string of the molecule is CCCCC(=O)N(CCC)C(CC)C(C)=O. The van der Waals surface area contributed by atoms with Gasteiger partial charge < -0.3 is 4.90 Å². The predicted molar refractivity (Wildman–Crippen MR) is 66.3 cm³/mol. The van der Waals surface area contributed by atoms with Crippen molar-refractivity contribution in [3.8, 4) is 0 Å². The normalized spacial score (nSPS) is 12.2. The first kappa shape index (κ1) is 15.1. The van der Waals surface area contributed by atoms with E-state index in [1.54, 1.807) is 11.8 Å². The molecule has 0 rings (SSSR count). The molecule has 1 atom stereocenters. The Morgan fingerprint density at radius 3 is 2.12 bits per heavy atom. The number of carbonyl (C=O) groups is 2. The lowest BCUT2D eigenvalue weighted by Crippen LogP contribution is -2.44. The van der Waals surface area contributed by atoms with E-state index in [1.807, 2.05) is 13.8 Å². The van der Waals surface area contributed by atoms with Crippen LogP contribution < -0.4 is 0 Å². The van der Waals surface area contributed by atoms with Gasteiger partial charge in [0.25, 0.3) is 0 Å². The third-order valence-corrected chi connectivity index (χ3v) is 2.76. The van der Waals surface area contributed by atoms with Crippen LogP contribution in [0.4, 0.5) is 0 Å². The Morgan fingerprint density at radius 1 is 1.12 bits per heavy atom. The highest BCUT2D eigenvalue weighted by atomic mass is 16.2. The summed E-state index contributed by atoms with van der Waals surface area (Å²) in [6.07, 6.45) is 4.12. The van der Waals surface area contributed by atoms with Gasteiger partial charge in [0.2, 0.25) is 5.91 Å². The number of carbonyl (C=O) groups excluding carboxylic acids is 2. The summed E-state index contributed by atoms with van der Waals surface area (Å²) >= 11 is 0. The fourth-order valence-corrected chi connectivity index (χ4v) is 1.89. The maximum absolute atomic E-state index is 12.0. The molecule has 0 aromatic rings. The van der Waals surface area contributed by atoms with Crippen LogP contribution in [0, 0.1) is 0 Å². The number of rotatable bonds is 8. The van der Waals surface area contributed by atoms with Crippen LogP contribution >= 0.6 is 0 Å². The highest BCUT2D eigenvalue weighted by Gasteiger charge is 2.24. The van der Waals surface area contributed by atoms with E-state index >= 15 is 0 Å². The van der Waals surface area contributed by atoms with Crippen LogP contribution in [-0.4, -0.2) is 29.2 Å². The zero-order valence-corrected chi connectivity index (χ0v) is 11.1. The third-order valence-electron chi connectivity index (χ3n) is 2.76. The first-order chi connectivity index (χ1) is 7.58. The monoisotopic (exact) mass is 227 g/mol. The number of Topliss-reactive ketones (excluding diaryl/α,β-unsaturated/α-hetero) is 1. The minimum atomic E-state index is -0.218. The maximum Gasteiger partial charge on any atom is 0.223 e. The van der Waals surface area contributed by atoms with E-state index in [0.717, 1.165) is 19.3 Å². The van der Waals surface area contributed by atoms with Gasteiger partial charge in [0.05, 0.1) is 6.04 Å². The molecule has 0 radical (unpaired) electrons. The number of hydrogen-bond donors (Lipinski definition) is 0. The van der Waals surface area contributed by atoms with E-state index in [0.29, 0.717) is 19.4 Å². The highest BCUT2D eigenvalue weighted by molar-refractivity contribution is 5.87. The topological polar surface area (TPSA) is 37.4 Å².